The topological polar surface area (TPSA) is 73.2 Å². The Hall–Kier alpha value is -2.83. The van der Waals surface area contributed by atoms with E-state index in [0.717, 1.165) is 5.69 Å². The molecule has 29 heavy (non-hydrogen) atoms. The van der Waals surface area contributed by atoms with Gasteiger partial charge in [-0.05, 0) is 57.2 Å². The molecule has 0 bridgehead atoms. The molecule has 0 aliphatic carbocycles. The van der Waals surface area contributed by atoms with Gasteiger partial charge in [-0.1, -0.05) is 29.3 Å². The van der Waals surface area contributed by atoms with Gasteiger partial charge in [0.2, 0.25) is 0 Å². The van der Waals surface area contributed by atoms with Gasteiger partial charge in [-0.3, -0.25) is 4.79 Å². The second-order valence-electron chi connectivity index (χ2n) is 6.47. The van der Waals surface area contributed by atoms with Crippen molar-refractivity contribution in [3.63, 3.8) is 0 Å². The van der Waals surface area contributed by atoms with Crippen LogP contribution < -0.4 is 5.32 Å². The van der Waals surface area contributed by atoms with Crippen LogP contribution in [0.25, 0.3) is 5.82 Å². The zero-order chi connectivity index (χ0) is 21.1. The predicted molar refractivity (Wildman–Crippen MR) is 113 cm³/mol. The van der Waals surface area contributed by atoms with Gasteiger partial charge in [0.15, 0.2) is 6.10 Å². The summed E-state index contributed by atoms with van der Waals surface area (Å²) in [5, 5.41) is 3.38. The molecule has 3 rings (SSSR count). The molecular weight excluding hydrogens is 413 g/mol. The van der Waals surface area contributed by atoms with Crippen LogP contribution in [0.1, 0.15) is 28.7 Å². The smallest absolute Gasteiger partial charge is 0.340 e. The number of carbonyl (C=O) groups excluding carboxylic acids is 2. The largest absolute Gasteiger partial charge is 0.449 e. The molecule has 0 aliphatic rings. The van der Waals surface area contributed by atoms with Gasteiger partial charge in [0.1, 0.15) is 5.82 Å². The van der Waals surface area contributed by atoms with Crippen molar-refractivity contribution < 1.29 is 14.3 Å². The molecule has 0 spiro atoms. The number of hydrogen-bond donors (Lipinski definition) is 1. The lowest BCUT2D eigenvalue weighted by Gasteiger charge is -2.14. The molecule has 1 aromatic carbocycles. The predicted octanol–water partition coefficient (Wildman–Crippen LogP) is 4.98. The monoisotopic (exact) mass is 431 g/mol. The van der Waals surface area contributed by atoms with E-state index in [9.17, 15) is 9.59 Å². The van der Waals surface area contributed by atoms with Crippen LogP contribution in [0.2, 0.25) is 10.0 Å². The average molecular weight is 432 g/mol. The standard InChI is InChI=1S/C21H19Cl2N3O3/c1-12-10-16(13(2)26(12)19-6-4-5-9-24-19)21(28)29-14(3)20(27)25-18-8-7-15(22)11-17(18)23/h4-11,14H,1-3H3,(H,25,27). The SMILES string of the molecule is Cc1cc(C(=O)OC(C)C(=O)Nc2ccc(Cl)cc2Cl)c(C)n1-c1ccccn1. The Morgan fingerprint density at radius 1 is 1.14 bits per heavy atom. The minimum atomic E-state index is -1.02. The molecule has 8 heteroatoms. The molecule has 2 heterocycles. The zero-order valence-electron chi connectivity index (χ0n) is 16.1. The number of rotatable bonds is 5. The highest BCUT2D eigenvalue weighted by Gasteiger charge is 2.23. The molecule has 0 aliphatic heterocycles. The van der Waals surface area contributed by atoms with Gasteiger partial charge in [-0.15, -0.1) is 0 Å². The molecular formula is C21H19Cl2N3O3. The summed E-state index contributed by atoms with van der Waals surface area (Å²) in [6.07, 6.45) is 0.660. The zero-order valence-corrected chi connectivity index (χ0v) is 17.6. The Labute approximate surface area is 178 Å². The maximum atomic E-state index is 12.7. The van der Waals surface area contributed by atoms with Gasteiger partial charge < -0.3 is 14.6 Å². The average Bonchev–Trinajstić information content (AvgIpc) is 2.98. The van der Waals surface area contributed by atoms with E-state index in [1.165, 1.54) is 13.0 Å². The third-order valence-corrected chi connectivity index (χ3v) is 4.92. The van der Waals surface area contributed by atoms with Crippen molar-refractivity contribution in [3.05, 3.63) is 75.7 Å². The second-order valence-corrected chi connectivity index (χ2v) is 7.31. The first-order valence-corrected chi connectivity index (χ1v) is 9.60. The number of halogens is 2. The first kappa shape index (κ1) is 20.9. The van der Waals surface area contributed by atoms with Crippen LogP contribution in [0.15, 0.2) is 48.7 Å². The van der Waals surface area contributed by atoms with Crippen molar-refractivity contribution in [3.8, 4) is 5.82 Å². The molecule has 1 atom stereocenters. The molecule has 1 N–H and O–H groups in total. The molecule has 0 radical (unpaired) electrons. The summed E-state index contributed by atoms with van der Waals surface area (Å²) in [6.45, 7) is 5.17. The molecule has 2 aromatic heterocycles. The van der Waals surface area contributed by atoms with E-state index >= 15 is 0 Å². The highest BCUT2D eigenvalue weighted by atomic mass is 35.5. The van der Waals surface area contributed by atoms with Gasteiger partial charge in [0, 0.05) is 22.6 Å². The molecule has 3 aromatic rings. The number of esters is 1. The van der Waals surface area contributed by atoms with Crippen molar-refractivity contribution in [2.75, 3.05) is 5.32 Å². The van der Waals surface area contributed by atoms with Crippen molar-refractivity contribution in [1.29, 1.82) is 0 Å². The number of amides is 1. The maximum Gasteiger partial charge on any atom is 0.340 e. The fourth-order valence-electron chi connectivity index (χ4n) is 2.91. The second kappa shape index (κ2) is 8.68. The normalized spacial score (nSPS) is 11.8. The van der Waals surface area contributed by atoms with Gasteiger partial charge in [0.05, 0.1) is 16.3 Å². The Morgan fingerprint density at radius 2 is 1.90 bits per heavy atom. The van der Waals surface area contributed by atoms with E-state index in [1.54, 1.807) is 31.3 Å². The lowest BCUT2D eigenvalue weighted by Crippen LogP contribution is -2.30. The summed E-state index contributed by atoms with van der Waals surface area (Å²) >= 11 is 11.9. The molecule has 1 unspecified atom stereocenters. The number of ether oxygens (including phenoxy) is 1. The van der Waals surface area contributed by atoms with Crippen LogP contribution in [0, 0.1) is 13.8 Å². The number of nitrogens with one attached hydrogen (secondary N) is 1. The summed E-state index contributed by atoms with van der Waals surface area (Å²) in [5.41, 5.74) is 2.27. The summed E-state index contributed by atoms with van der Waals surface area (Å²) in [6, 6.07) is 12.0. The van der Waals surface area contributed by atoms with Gasteiger partial charge in [-0.2, -0.15) is 0 Å². The van der Waals surface area contributed by atoms with E-state index in [0.29, 0.717) is 32.8 Å². The molecule has 1 amide bonds. The summed E-state index contributed by atoms with van der Waals surface area (Å²) in [5.74, 6) is -0.393. The van der Waals surface area contributed by atoms with E-state index in [1.807, 2.05) is 29.7 Å². The van der Waals surface area contributed by atoms with Gasteiger partial charge in [0.25, 0.3) is 5.91 Å². The Balaban J connectivity index is 1.74. The van der Waals surface area contributed by atoms with Crippen LogP contribution in [-0.4, -0.2) is 27.5 Å². The Bertz CT molecular complexity index is 1060. The van der Waals surface area contributed by atoms with Gasteiger partial charge in [-0.25, -0.2) is 9.78 Å². The van der Waals surface area contributed by atoms with Crippen molar-refractivity contribution in [2.45, 2.75) is 26.9 Å². The Kier molecular flexibility index (Phi) is 6.25. The number of aryl methyl sites for hydroxylation is 1. The minimum absolute atomic E-state index is 0.295. The van der Waals surface area contributed by atoms with Gasteiger partial charge >= 0.3 is 5.97 Å². The van der Waals surface area contributed by atoms with E-state index < -0.39 is 18.0 Å². The van der Waals surface area contributed by atoms with Crippen LogP contribution >= 0.6 is 23.2 Å². The fourth-order valence-corrected chi connectivity index (χ4v) is 3.37. The lowest BCUT2D eigenvalue weighted by atomic mass is 10.2. The van der Waals surface area contributed by atoms with E-state index in [4.69, 9.17) is 27.9 Å². The number of anilines is 1. The highest BCUT2D eigenvalue weighted by Crippen LogP contribution is 2.26. The Morgan fingerprint density at radius 3 is 2.55 bits per heavy atom. The summed E-state index contributed by atoms with van der Waals surface area (Å²) < 4.78 is 7.22. The number of benzene rings is 1. The highest BCUT2D eigenvalue weighted by molar-refractivity contribution is 6.36. The molecule has 6 nitrogen and oxygen atoms in total. The summed E-state index contributed by atoms with van der Waals surface area (Å²) in [7, 11) is 0. The molecule has 150 valence electrons. The number of hydrogen-bond acceptors (Lipinski definition) is 4. The van der Waals surface area contributed by atoms with Crippen molar-refractivity contribution >= 4 is 40.8 Å². The number of pyridine rings is 1. The lowest BCUT2D eigenvalue weighted by molar-refractivity contribution is -0.123. The maximum absolute atomic E-state index is 12.7. The van der Waals surface area contributed by atoms with Crippen molar-refractivity contribution in [1.82, 2.24) is 9.55 Å². The molecule has 0 saturated carbocycles. The quantitative estimate of drug-likeness (QED) is 0.578. The van der Waals surface area contributed by atoms with Crippen LogP contribution in [-0.2, 0) is 9.53 Å². The van der Waals surface area contributed by atoms with E-state index in [-0.39, 0.29) is 0 Å². The number of aromatic nitrogens is 2. The number of nitrogens with zero attached hydrogens (tertiary/aromatic N) is 2. The summed E-state index contributed by atoms with van der Waals surface area (Å²) in [4.78, 5) is 29.4. The van der Waals surface area contributed by atoms with Crippen molar-refractivity contribution in [2.24, 2.45) is 0 Å². The molecule has 0 fully saturated rings. The molecule has 0 saturated heterocycles. The first-order valence-electron chi connectivity index (χ1n) is 8.85. The van der Waals surface area contributed by atoms with E-state index in [2.05, 4.69) is 10.3 Å². The van der Waals surface area contributed by atoms with Crippen LogP contribution in [0.4, 0.5) is 5.69 Å². The number of carbonyl (C=O) groups is 2. The van der Waals surface area contributed by atoms with Crippen LogP contribution in [0.3, 0.4) is 0 Å². The first-order chi connectivity index (χ1) is 13.8. The third-order valence-electron chi connectivity index (χ3n) is 4.37. The third kappa shape index (κ3) is 4.60. The minimum Gasteiger partial charge on any atom is -0.449 e. The fraction of sp³-hybridized carbons (Fsp3) is 0.190. The van der Waals surface area contributed by atoms with Crippen LogP contribution in [0.5, 0.6) is 0 Å².